The molecule has 1 aliphatic carbocycles. The summed E-state index contributed by atoms with van der Waals surface area (Å²) >= 11 is 6.48. The van der Waals surface area contributed by atoms with Gasteiger partial charge in [0, 0.05) is 39.9 Å². The second-order valence-electron chi connectivity index (χ2n) is 13.1. The third-order valence-electron chi connectivity index (χ3n) is 9.95. The van der Waals surface area contributed by atoms with E-state index in [0.29, 0.717) is 71.7 Å². The van der Waals surface area contributed by atoms with Crippen LogP contribution in [0, 0.1) is 0 Å². The zero-order valence-corrected chi connectivity index (χ0v) is 30.3. The summed E-state index contributed by atoms with van der Waals surface area (Å²) in [6.45, 7) is 0. The van der Waals surface area contributed by atoms with Crippen LogP contribution in [0.2, 0.25) is 5.02 Å². The molecule has 0 saturated carbocycles. The van der Waals surface area contributed by atoms with E-state index >= 15 is 0 Å². The third-order valence-corrected chi connectivity index (χ3v) is 10.3. The number of azo groups is 2. The van der Waals surface area contributed by atoms with Crippen LogP contribution in [0.15, 0.2) is 136 Å². The van der Waals surface area contributed by atoms with Gasteiger partial charge in [0.05, 0.1) is 34.8 Å². The highest BCUT2D eigenvalue weighted by atomic mass is 35.5. The standard InChI is InChI=1S/C43H27ClN6O6/c1-49-42(54)29-11-7-10-28-37(29)32(43(49)55)21-36(51)38(28)47-45-23-14-16-26-27-17-15-24(20-31(27)40(52)30(26)19-23)46-48-39-25-9-4-3-8-22(25)18-35(41(39)53)50(56-2)34-13-6-5-12-33(34)44/h3-21,51,53H,1-2H3. The van der Waals surface area contributed by atoms with Gasteiger partial charge in [-0.1, -0.05) is 72.3 Å². The van der Waals surface area contributed by atoms with Crippen LogP contribution in [0.25, 0.3) is 32.7 Å². The van der Waals surface area contributed by atoms with Crippen molar-refractivity contribution >= 4 is 84.9 Å². The molecule has 7 aromatic rings. The van der Waals surface area contributed by atoms with Crippen molar-refractivity contribution in [3.63, 3.8) is 0 Å². The molecular formula is C43H27ClN6O6. The Balaban J connectivity index is 1.03. The van der Waals surface area contributed by atoms with Gasteiger partial charge in [0.25, 0.3) is 11.8 Å². The number of aromatic hydroxyl groups is 2. The van der Waals surface area contributed by atoms with Crippen LogP contribution < -0.4 is 5.06 Å². The van der Waals surface area contributed by atoms with Crippen molar-refractivity contribution in [3.05, 3.63) is 143 Å². The van der Waals surface area contributed by atoms with Gasteiger partial charge in [-0.05, 0) is 71.1 Å². The van der Waals surface area contributed by atoms with Crippen LogP contribution in [0.1, 0.15) is 36.6 Å². The average molecular weight is 759 g/mol. The van der Waals surface area contributed by atoms with Crippen LogP contribution in [0.5, 0.6) is 11.5 Å². The predicted octanol–water partition coefficient (Wildman–Crippen LogP) is 11.0. The number of phenols is 2. The lowest BCUT2D eigenvalue weighted by Gasteiger charge is -2.24. The van der Waals surface area contributed by atoms with Crippen molar-refractivity contribution in [3.8, 4) is 22.6 Å². The fourth-order valence-corrected chi connectivity index (χ4v) is 7.47. The molecule has 0 fully saturated rings. The number of imide groups is 1. The number of benzene rings is 7. The van der Waals surface area contributed by atoms with Crippen molar-refractivity contribution in [1.82, 2.24) is 4.90 Å². The van der Waals surface area contributed by atoms with E-state index in [2.05, 4.69) is 20.5 Å². The molecule has 0 saturated heterocycles. The molecule has 56 heavy (non-hydrogen) atoms. The Kier molecular flexibility index (Phi) is 8.15. The van der Waals surface area contributed by atoms with E-state index < -0.39 is 11.8 Å². The van der Waals surface area contributed by atoms with Gasteiger partial charge in [-0.2, -0.15) is 10.2 Å². The Hall–Kier alpha value is -7.28. The van der Waals surface area contributed by atoms with Crippen LogP contribution in [-0.4, -0.2) is 46.9 Å². The second kappa shape index (κ2) is 13.2. The smallest absolute Gasteiger partial charge is 0.261 e. The summed E-state index contributed by atoms with van der Waals surface area (Å²) in [6.07, 6.45) is 0. The number of carbonyl (C=O) groups excluding carboxylic acids is 3. The summed E-state index contributed by atoms with van der Waals surface area (Å²) in [5.41, 5.74) is 4.58. The van der Waals surface area contributed by atoms with Crippen LogP contribution in [-0.2, 0) is 4.84 Å². The molecule has 12 nitrogen and oxygen atoms in total. The quantitative estimate of drug-likeness (QED) is 0.0930. The molecular weight excluding hydrogens is 732 g/mol. The van der Waals surface area contributed by atoms with Crippen molar-refractivity contribution in [2.45, 2.75) is 0 Å². The van der Waals surface area contributed by atoms with E-state index in [0.717, 1.165) is 10.3 Å². The fraction of sp³-hybridized carbons (Fsp3) is 0.0465. The number of halogens is 1. The molecule has 2 aliphatic rings. The third kappa shape index (κ3) is 5.38. The van der Waals surface area contributed by atoms with E-state index in [1.54, 1.807) is 78.9 Å². The van der Waals surface area contributed by atoms with Gasteiger partial charge in [-0.25, -0.2) is 5.06 Å². The van der Waals surface area contributed by atoms with E-state index in [4.69, 9.17) is 16.4 Å². The minimum Gasteiger partial charge on any atom is -0.506 e. The van der Waals surface area contributed by atoms with E-state index in [9.17, 15) is 24.6 Å². The Labute approximate surface area is 323 Å². The number of hydrogen-bond acceptors (Lipinski definition) is 11. The molecule has 0 spiro atoms. The largest absolute Gasteiger partial charge is 0.506 e. The first-order valence-corrected chi connectivity index (χ1v) is 17.6. The number of hydrogen-bond donors (Lipinski definition) is 2. The van der Waals surface area contributed by atoms with Crippen molar-refractivity contribution < 1.29 is 29.4 Å². The van der Waals surface area contributed by atoms with Crippen LogP contribution >= 0.6 is 11.6 Å². The fourth-order valence-electron chi connectivity index (χ4n) is 7.26. The maximum Gasteiger partial charge on any atom is 0.261 e. The molecule has 1 heterocycles. The van der Waals surface area contributed by atoms with Gasteiger partial charge >= 0.3 is 0 Å². The number of amides is 2. The number of anilines is 2. The SMILES string of the molecule is CON(c1ccccc1Cl)c1cc2ccccc2c(N=Nc2ccc3c(c2)C(=O)c2cc(N=Nc4c(O)cc5c6c(cccc46)C(=O)N(C)C5=O)ccc2-3)c1O. The summed E-state index contributed by atoms with van der Waals surface area (Å²) in [4.78, 5) is 46.1. The van der Waals surface area contributed by atoms with E-state index in [1.165, 1.54) is 25.3 Å². The lowest BCUT2D eigenvalue weighted by Crippen LogP contribution is -2.36. The molecule has 0 radical (unpaired) electrons. The Morgan fingerprint density at radius 1 is 0.607 bits per heavy atom. The Morgan fingerprint density at radius 3 is 1.93 bits per heavy atom. The molecule has 9 rings (SSSR count). The highest BCUT2D eigenvalue weighted by Crippen LogP contribution is 2.48. The van der Waals surface area contributed by atoms with Crippen LogP contribution in [0.3, 0.4) is 0 Å². The van der Waals surface area contributed by atoms with Gasteiger partial charge in [0.1, 0.15) is 22.8 Å². The maximum absolute atomic E-state index is 13.8. The summed E-state index contributed by atoms with van der Waals surface area (Å²) < 4.78 is 0. The van der Waals surface area contributed by atoms with Crippen molar-refractivity contribution in [2.75, 3.05) is 19.2 Å². The van der Waals surface area contributed by atoms with Gasteiger partial charge < -0.3 is 10.2 Å². The number of rotatable bonds is 7. The molecule has 7 aromatic carbocycles. The Morgan fingerprint density at radius 2 is 1.23 bits per heavy atom. The first-order chi connectivity index (χ1) is 27.1. The topological polar surface area (TPSA) is 157 Å². The number of carbonyl (C=O) groups is 3. The van der Waals surface area contributed by atoms with E-state index in [1.807, 2.05) is 30.3 Å². The van der Waals surface area contributed by atoms with Crippen LogP contribution in [0.4, 0.5) is 34.1 Å². The minimum atomic E-state index is -0.525. The second-order valence-corrected chi connectivity index (χ2v) is 13.5. The van der Waals surface area contributed by atoms with Gasteiger partial charge in [-0.15, -0.1) is 10.2 Å². The molecule has 0 bridgehead atoms. The zero-order chi connectivity index (χ0) is 38.8. The minimum absolute atomic E-state index is 0.0870. The first-order valence-electron chi connectivity index (χ1n) is 17.3. The number of nitrogens with zero attached hydrogens (tertiary/aromatic N) is 6. The molecule has 2 amide bonds. The molecule has 0 atom stereocenters. The van der Waals surface area contributed by atoms with Gasteiger partial charge in [0.15, 0.2) is 11.5 Å². The predicted molar refractivity (Wildman–Crippen MR) is 212 cm³/mol. The number of ketones is 1. The zero-order valence-electron chi connectivity index (χ0n) is 29.6. The molecule has 2 N–H and O–H groups in total. The molecule has 13 heteroatoms. The summed E-state index contributed by atoms with van der Waals surface area (Å²) in [6, 6.07) is 32.8. The average Bonchev–Trinajstić information content (AvgIpc) is 3.49. The lowest BCUT2D eigenvalue weighted by molar-refractivity contribution is 0.0650. The Bertz CT molecular complexity index is 2940. The number of para-hydroxylation sites is 1. The molecule has 272 valence electrons. The normalized spacial score (nSPS) is 13.4. The maximum atomic E-state index is 13.8. The van der Waals surface area contributed by atoms with Gasteiger partial charge in [0.2, 0.25) is 0 Å². The highest BCUT2D eigenvalue weighted by molar-refractivity contribution is 6.33. The van der Waals surface area contributed by atoms with Crippen molar-refractivity contribution in [2.24, 2.45) is 20.5 Å². The number of fused-ring (bicyclic) bond motifs is 4. The lowest BCUT2D eigenvalue weighted by atomic mass is 9.93. The molecule has 0 unspecified atom stereocenters. The summed E-state index contributed by atoms with van der Waals surface area (Å²) in [7, 11) is 2.86. The molecule has 1 aliphatic heterocycles. The summed E-state index contributed by atoms with van der Waals surface area (Å²) in [5.74, 6) is -1.69. The highest BCUT2D eigenvalue weighted by Gasteiger charge is 2.32. The monoisotopic (exact) mass is 758 g/mol. The number of phenolic OH excluding ortho intramolecular Hbond substituents is 2. The first kappa shape index (κ1) is 34.5. The van der Waals surface area contributed by atoms with E-state index in [-0.39, 0.29) is 34.2 Å². The van der Waals surface area contributed by atoms with Gasteiger partial charge in [-0.3, -0.25) is 24.1 Å². The summed E-state index contributed by atoms with van der Waals surface area (Å²) in [5, 5.41) is 44.1. The van der Waals surface area contributed by atoms with Crippen molar-refractivity contribution in [1.29, 1.82) is 0 Å². The molecule has 0 aromatic heterocycles.